The van der Waals surface area contributed by atoms with E-state index in [1.807, 2.05) is 0 Å². The topological polar surface area (TPSA) is 0 Å². The van der Waals surface area contributed by atoms with Gasteiger partial charge in [0.25, 0.3) is 0 Å². The van der Waals surface area contributed by atoms with Crippen molar-refractivity contribution in [3.05, 3.63) is 72.9 Å². The second-order valence-electron chi connectivity index (χ2n) is 4.30. The first-order valence-electron chi connectivity index (χ1n) is 6.95. The molecule has 19 heavy (non-hydrogen) atoms. The Kier molecular flexibility index (Phi) is 14.3. The van der Waals surface area contributed by atoms with Gasteiger partial charge < -0.3 is 0 Å². The minimum Gasteiger partial charge on any atom is -0.0842 e. The van der Waals surface area contributed by atoms with E-state index in [4.69, 9.17) is 0 Å². The third-order valence-electron chi connectivity index (χ3n) is 2.65. The Balaban J connectivity index is 0.000000249. The van der Waals surface area contributed by atoms with Crippen LogP contribution in [0.4, 0.5) is 0 Å². The zero-order valence-corrected chi connectivity index (χ0v) is 12.2. The standard InChI is InChI=1S/3C6H8.Li/c3*1-2-4-6-5-3-1;/h3*1-4H,5-6H2;. The maximum atomic E-state index is 2.18. The average molecular weight is 247 g/mol. The van der Waals surface area contributed by atoms with Crippen LogP contribution in [0.5, 0.6) is 0 Å². The minimum absolute atomic E-state index is 0. The molecule has 0 saturated carbocycles. The van der Waals surface area contributed by atoms with Crippen molar-refractivity contribution < 1.29 is 0 Å². The Labute approximate surface area is 130 Å². The third-order valence-corrected chi connectivity index (χ3v) is 2.65. The van der Waals surface area contributed by atoms with Crippen LogP contribution < -0.4 is 0 Å². The summed E-state index contributed by atoms with van der Waals surface area (Å²) >= 11 is 0. The number of hydrogen-bond donors (Lipinski definition) is 0. The van der Waals surface area contributed by atoms with Crippen LogP contribution in [0.15, 0.2) is 72.9 Å². The van der Waals surface area contributed by atoms with Gasteiger partial charge in [0.15, 0.2) is 0 Å². The van der Waals surface area contributed by atoms with Gasteiger partial charge in [-0.3, -0.25) is 0 Å². The average Bonchev–Trinajstić information content (AvgIpc) is 2.54. The van der Waals surface area contributed by atoms with Crippen LogP contribution >= 0.6 is 0 Å². The van der Waals surface area contributed by atoms with Crippen molar-refractivity contribution >= 4 is 18.9 Å². The second-order valence-corrected chi connectivity index (χ2v) is 4.30. The van der Waals surface area contributed by atoms with E-state index in [1.165, 1.54) is 38.5 Å². The summed E-state index contributed by atoms with van der Waals surface area (Å²) in [5.41, 5.74) is 0. The Morgan fingerprint density at radius 3 is 0.526 bits per heavy atom. The second kappa shape index (κ2) is 15.1. The van der Waals surface area contributed by atoms with E-state index in [1.54, 1.807) is 0 Å². The van der Waals surface area contributed by atoms with E-state index in [0.29, 0.717) is 0 Å². The molecule has 3 aliphatic rings. The van der Waals surface area contributed by atoms with Crippen molar-refractivity contribution in [2.45, 2.75) is 38.5 Å². The molecular weight excluding hydrogens is 223 g/mol. The number of rotatable bonds is 0. The number of allylic oxidation sites excluding steroid dienone is 12. The molecule has 3 aliphatic carbocycles. The SMILES string of the molecule is C1=CCCC=C1.C1=CCCC=C1.C1=CCCC=C1.[Li]. The van der Waals surface area contributed by atoms with E-state index in [-0.39, 0.29) is 18.9 Å². The van der Waals surface area contributed by atoms with Crippen LogP contribution in [0.3, 0.4) is 0 Å². The first kappa shape index (κ1) is 18.0. The summed E-state index contributed by atoms with van der Waals surface area (Å²) < 4.78 is 0. The van der Waals surface area contributed by atoms with Crippen LogP contribution in [-0.2, 0) is 0 Å². The quantitative estimate of drug-likeness (QED) is 0.510. The summed E-state index contributed by atoms with van der Waals surface area (Å²) in [5.74, 6) is 0. The fourth-order valence-electron chi connectivity index (χ4n) is 1.63. The molecule has 0 amide bonds. The van der Waals surface area contributed by atoms with Gasteiger partial charge in [-0.25, -0.2) is 0 Å². The molecule has 1 heteroatoms. The molecule has 0 aromatic heterocycles. The summed E-state index contributed by atoms with van der Waals surface area (Å²) in [5, 5.41) is 0. The first-order chi connectivity index (χ1) is 9.00. The predicted molar refractivity (Wildman–Crippen MR) is 88.3 cm³/mol. The molecule has 0 heterocycles. The molecule has 97 valence electrons. The molecule has 3 rings (SSSR count). The van der Waals surface area contributed by atoms with Crippen LogP contribution in [0.2, 0.25) is 0 Å². The molecule has 0 fully saturated rings. The Bertz CT molecular complexity index is 261. The number of hydrogen-bond acceptors (Lipinski definition) is 0. The minimum atomic E-state index is 0. The molecule has 1 radical (unpaired) electrons. The molecule has 0 bridgehead atoms. The molecule has 0 aliphatic heterocycles. The van der Waals surface area contributed by atoms with Gasteiger partial charge in [-0.05, 0) is 38.5 Å². The Morgan fingerprint density at radius 2 is 0.474 bits per heavy atom. The van der Waals surface area contributed by atoms with Crippen molar-refractivity contribution in [3.8, 4) is 0 Å². The maximum absolute atomic E-state index is 2.18. The van der Waals surface area contributed by atoms with Crippen molar-refractivity contribution in [3.63, 3.8) is 0 Å². The van der Waals surface area contributed by atoms with Gasteiger partial charge in [0.1, 0.15) is 0 Å². The van der Waals surface area contributed by atoms with Crippen molar-refractivity contribution in [1.29, 1.82) is 0 Å². The third kappa shape index (κ3) is 13.3. The van der Waals surface area contributed by atoms with Crippen LogP contribution in [0.25, 0.3) is 0 Å². The summed E-state index contributed by atoms with van der Waals surface area (Å²) in [6.07, 6.45) is 33.0. The van der Waals surface area contributed by atoms with Crippen LogP contribution in [-0.4, -0.2) is 18.9 Å². The normalized spacial score (nSPS) is 17.7. The van der Waals surface area contributed by atoms with Gasteiger partial charge in [0, 0.05) is 18.9 Å². The van der Waals surface area contributed by atoms with Gasteiger partial charge in [0.2, 0.25) is 0 Å². The molecule has 0 saturated heterocycles. The molecule has 0 spiro atoms. The van der Waals surface area contributed by atoms with Crippen molar-refractivity contribution in [2.75, 3.05) is 0 Å². The Morgan fingerprint density at radius 1 is 0.316 bits per heavy atom. The van der Waals surface area contributed by atoms with Crippen LogP contribution in [0.1, 0.15) is 38.5 Å². The Hall–Kier alpha value is -0.963. The van der Waals surface area contributed by atoms with E-state index in [9.17, 15) is 0 Å². The predicted octanol–water partition coefficient (Wildman–Crippen LogP) is 5.30. The van der Waals surface area contributed by atoms with E-state index >= 15 is 0 Å². The molecule has 0 N–H and O–H groups in total. The molecule has 0 aromatic rings. The molecule has 0 nitrogen and oxygen atoms in total. The molecule has 0 unspecified atom stereocenters. The van der Waals surface area contributed by atoms with Gasteiger partial charge in [0.05, 0.1) is 0 Å². The van der Waals surface area contributed by atoms with Crippen molar-refractivity contribution in [1.82, 2.24) is 0 Å². The van der Waals surface area contributed by atoms with Crippen molar-refractivity contribution in [2.24, 2.45) is 0 Å². The van der Waals surface area contributed by atoms with E-state index in [0.717, 1.165) is 0 Å². The summed E-state index contributed by atoms with van der Waals surface area (Å²) in [7, 11) is 0. The van der Waals surface area contributed by atoms with E-state index in [2.05, 4.69) is 72.9 Å². The zero-order chi connectivity index (χ0) is 12.7. The molecular formula is C18H24Li. The maximum Gasteiger partial charge on any atom is 0 e. The summed E-state index contributed by atoms with van der Waals surface area (Å²) in [4.78, 5) is 0. The first-order valence-corrected chi connectivity index (χ1v) is 6.95. The van der Waals surface area contributed by atoms with Gasteiger partial charge in [-0.15, -0.1) is 0 Å². The molecule has 0 atom stereocenters. The zero-order valence-electron chi connectivity index (χ0n) is 12.2. The summed E-state index contributed by atoms with van der Waals surface area (Å²) in [6.45, 7) is 0. The van der Waals surface area contributed by atoms with Gasteiger partial charge in [-0.1, -0.05) is 72.9 Å². The van der Waals surface area contributed by atoms with Crippen LogP contribution in [0, 0.1) is 0 Å². The van der Waals surface area contributed by atoms with Gasteiger partial charge >= 0.3 is 0 Å². The fraction of sp³-hybridized carbons (Fsp3) is 0.333. The van der Waals surface area contributed by atoms with Gasteiger partial charge in [-0.2, -0.15) is 0 Å². The summed E-state index contributed by atoms with van der Waals surface area (Å²) in [6, 6.07) is 0. The smallest absolute Gasteiger partial charge is 0 e. The molecule has 0 aromatic carbocycles. The fourth-order valence-corrected chi connectivity index (χ4v) is 1.63. The monoisotopic (exact) mass is 247 g/mol. The van der Waals surface area contributed by atoms with E-state index < -0.39 is 0 Å². The largest absolute Gasteiger partial charge is 0.0842 e.